The quantitative estimate of drug-likeness (QED) is 0.702. The first-order valence-corrected chi connectivity index (χ1v) is 8.27. The highest BCUT2D eigenvalue weighted by Crippen LogP contribution is 2.13. The molecule has 6 heteroatoms. The molecule has 0 aliphatic rings. The van der Waals surface area contributed by atoms with Crippen LogP contribution >= 0.6 is 11.6 Å². The van der Waals surface area contributed by atoms with Gasteiger partial charge in [0, 0.05) is 17.1 Å². The lowest BCUT2D eigenvalue weighted by Gasteiger charge is -2.07. The summed E-state index contributed by atoms with van der Waals surface area (Å²) in [5.74, 6) is 0.775. The number of anilines is 2. The van der Waals surface area contributed by atoms with E-state index in [1.807, 2.05) is 18.2 Å². The van der Waals surface area contributed by atoms with Gasteiger partial charge in [0.05, 0.1) is 0 Å². The number of benzene rings is 2. The van der Waals surface area contributed by atoms with Gasteiger partial charge in [-0.1, -0.05) is 48.0 Å². The number of hydrogen-bond acceptors (Lipinski definition) is 4. The van der Waals surface area contributed by atoms with Crippen molar-refractivity contribution < 1.29 is 4.79 Å². The second-order valence-electron chi connectivity index (χ2n) is 5.43. The average Bonchev–Trinajstić information content (AvgIpc) is 2.64. The molecule has 0 spiro atoms. The summed E-state index contributed by atoms with van der Waals surface area (Å²) in [5.41, 5.74) is 1.73. The first kappa shape index (κ1) is 16.9. The minimum atomic E-state index is -0.276. The molecular formula is C19H17ClN4O. The number of nitrogens with zero attached hydrogens (tertiary/aromatic N) is 2. The zero-order chi connectivity index (χ0) is 17.5. The highest BCUT2D eigenvalue weighted by Gasteiger charge is 2.07. The molecule has 126 valence electrons. The molecule has 3 aromatic rings. The van der Waals surface area contributed by atoms with Crippen molar-refractivity contribution in [2.24, 2.45) is 0 Å². The SMILES string of the molecule is O=C(Nc1ccc(NCCc2ccccc2)nn1)c1cccc(Cl)c1. The van der Waals surface area contributed by atoms with E-state index >= 15 is 0 Å². The fourth-order valence-electron chi connectivity index (χ4n) is 2.29. The van der Waals surface area contributed by atoms with Crippen molar-refractivity contribution in [3.63, 3.8) is 0 Å². The Kier molecular flexibility index (Phi) is 5.59. The van der Waals surface area contributed by atoms with Crippen molar-refractivity contribution in [3.8, 4) is 0 Å². The molecule has 0 saturated heterocycles. The Labute approximate surface area is 151 Å². The van der Waals surface area contributed by atoms with E-state index in [1.54, 1.807) is 36.4 Å². The number of aromatic nitrogens is 2. The summed E-state index contributed by atoms with van der Waals surface area (Å²) in [5, 5.41) is 14.5. The molecule has 0 radical (unpaired) electrons. The molecule has 0 fully saturated rings. The number of nitrogens with one attached hydrogen (secondary N) is 2. The maximum Gasteiger partial charge on any atom is 0.256 e. The number of carbonyl (C=O) groups excluding carboxylic acids is 1. The second-order valence-corrected chi connectivity index (χ2v) is 5.87. The van der Waals surface area contributed by atoms with Crippen LogP contribution in [0.2, 0.25) is 5.02 Å². The lowest BCUT2D eigenvalue weighted by molar-refractivity contribution is 0.102. The molecular weight excluding hydrogens is 336 g/mol. The van der Waals surface area contributed by atoms with E-state index in [0.29, 0.717) is 22.2 Å². The van der Waals surface area contributed by atoms with Crippen LogP contribution in [0.25, 0.3) is 0 Å². The normalized spacial score (nSPS) is 10.3. The van der Waals surface area contributed by atoms with Crippen molar-refractivity contribution in [1.82, 2.24) is 10.2 Å². The van der Waals surface area contributed by atoms with E-state index in [-0.39, 0.29) is 5.91 Å². The van der Waals surface area contributed by atoms with Crippen LogP contribution in [0.1, 0.15) is 15.9 Å². The van der Waals surface area contributed by atoms with Crippen molar-refractivity contribution in [1.29, 1.82) is 0 Å². The van der Waals surface area contributed by atoms with Gasteiger partial charge in [-0.3, -0.25) is 4.79 Å². The predicted molar refractivity (Wildman–Crippen MR) is 100 cm³/mol. The minimum absolute atomic E-state index is 0.276. The van der Waals surface area contributed by atoms with Crippen LogP contribution in [-0.4, -0.2) is 22.6 Å². The maximum atomic E-state index is 12.1. The summed E-state index contributed by atoms with van der Waals surface area (Å²) in [6, 6.07) is 20.4. The van der Waals surface area contributed by atoms with Gasteiger partial charge >= 0.3 is 0 Å². The molecule has 1 heterocycles. The molecule has 25 heavy (non-hydrogen) atoms. The summed E-state index contributed by atoms with van der Waals surface area (Å²) >= 11 is 5.89. The van der Waals surface area contributed by atoms with Crippen LogP contribution in [0.15, 0.2) is 66.7 Å². The van der Waals surface area contributed by atoms with Gasteiger partial charge < -0.3 is 10.6 Å². The summed E-state index contributed by atoms with van der Waals surface area (Å²) in [4.78, 5) is 12.1. The van der Waals surface area contributed by atoms with E-state index in [2.05, 4.69) is 33.0 Å². The summed E-state index contributed by atoms with van der Waals surface area (Å²) in [6.07, 6.45) is 0.899. The standard InChI is InChI=1S/C19H17ClN4O/c20-16-8-4-7-15(13-16)19(25)22-18-10-9-17(23-24-18)21-12-11-14-5-2-1-3-6-14/h1-10,13H,11-12H2,(H,21,23)(H,22,24,25). The van der Waals surface area contributed by atoms with E-state index in [0.717, 1.165) is 13.0 Å². The van der Waals surface area contributed by atoms with Gasteiger partial charge in [-0.2, -0.15) is 0 Å². The Morgan fingerprint density at radius 1 is 0.920 bits per heavy atom. The van der Waals surface area contributed by atoms with Gasteiger partial charge in [0.25, 0.3) is 5.91 Å². The molecule has 2 aromatic carbocycles. The third-order valence-electron chi connectivity index (χ3n) is 3.56. The topological polar surface area (TPSA) is 66.9 Å². The molecule has 0 atom stereocenters. The number of halogens is 1. The number of rotatable bonds is 6. The zero-order valence-corrected chi connectivity index (χ0v) is 14.2. The highest BCUT2D eigenvalue weighted by molar-refractivity contribution is 6.31. The largest absolute Gasteiger partial charge is 0.368 e. The van der Waals surface area contributed by atoms with Gasteiger partial charge in [-0.15, -0.1) is 10.2 Å². The Hall–Kier alpha value is -2.92. The van der Waals surface area contributed by atoms with Crippen LogP contribution in [0.3, 0.4) is 0 Å². The second kappa shape index (κ2) is 8.26. The van der Waals surface area contributed by atoms with Crippen molar-refractivity contribution in [2.45, 2.75) is 6.42 Å². The Morgan fingerprint density at radius 3 is 2.40 bits per heavy atom. The smallest absolute Gasteiger partial charge is 0.256 e. The molecule has 1 aromatic heterocycles. The fourth-order valence-corrected chi connectivity index (χ4v) is 2.48. The first-order valence-electron chi connectivity index (χ1n) is 7.89. The Morgan fingerprint density at radius 2 is 1.68 bits per heavy atom. The Bertz CT molecular complexity index is 838. The molecule has 0 aliphatic heterocycles. The van der Waals surface area contributed by atoms with Crippen molar-refractivity contribution >= 4 is 29.1 Å². The van der Waals surface area contributed by atoms with Crippen LogP contribution in [-0.2, 0) is 6.42 Å². The highest BCUT2D eigenvalue weighted by atomic mass is 35.5. The number of amides is 1. The van der Waals surface area contributed by atoms with Gasteiger partial charge in [-0.05, 0) is 42.3 Å². The number of carbonyl (C=O) groups is 1. The molecule has 0 bridgehead atoms. The van der Waals surface area contributed by atoms with Crippen LogP contribution in [0.4, 0.5) is 11.6 Å². The fraction of sp³-hybridized carbons (Fsp3) is 0.105. The van der Waals surface area contributed by atoms with Gasteiger partial charge in [-0.25, -0.2) is 0 Å². The van der Waals surface area contributed by atoms with Crippen molar-refractivity contribution in [3.05, 3.63) is 82.9 Å². The minimum Gasteiger partial charge on any atom is -0.368 e. The van der Waals surface area contributed by atoms with Crippen molar-refractivity contribution in [2.75, 3.05) is 17.2 Å². The van der Waals surface area contributed by atoms with E-state index in [4.69, 9.17) is 11.6 Å². The van der Waals surface area contributed by atoms with Crippen LogP contribution in [0, 0.1) is 0 Å². The van der Waals surface area contributed by atoms with E-state index in [9.17, 15) is 4.79 Å². The average molecular weight is 353 g/mol. The first-order chi connectivity index (χ1) is 12.2. The zero-order valence-electron chi connectivity index (χ0n) is 13.4. The lowest BCUT2D eigenvalue weighted by Crippen LogP contribution is -2.14. The molecule has 0 unspecified atom stereocenters. The maximum absolute atomic E-state index is 12.1. The summed E-state index contributed by atoms with van der Waals surface area (Å²) < 4.78 is 0. The third-order valence-corrected chi connectivity index (χ3v) is 3.79. The van der Waals surface area contributed by atoms with Crippen LogP contribution in [0.5, 0.6) is 0 Å². The van der Waals surface area contributed by atoms with Gasteiger partial charge in [0.1, 0.15) is 5.82 Å². The number of hydrogen-bond donors (Lipinski definition) is 2. The third kappa shape index (κ3) is 5.02. The summed E-state index contributed by atoms with van der Waals surface area (Å²) in [7, 11) is 0. The molecule has 2 N–H and O–H groups in total. The summed E-state index contributed by atoms with van der Waals surface area (Å²) in [6.45, 7) is 0.757. The molecule has 0 aliphatic carbocycles. The van der Waals surface area contributed by atoms with Crippen LogP contribution < -0.4 is 10.6 Å². The predicted octanol–water partition coefficient (Wildman–Crippen LogP) is 4.04. The van der Waals surface area contributed by atoms with Gasteiger partial charge in [0.15, 0.2) is 5.82 Å². The monoisotopic (exact) mass is 352 g/mol. The van der Waals surface area contributed by atoms with E-state index < -0.39 is 0 Å². The molecule has 0 saturated carbocycles. The molecule has 5 nitrogen and oxygen atoms in total. The van der Waals surface area contributed by atoms with Gasteiger partial charge in [0.2, 0.25) is 0 Å². The van der Waals surface area contributed by atoms with E-state index in [1.165, 1.54) is 5.56 Å². The Balaban J connectivity index is 1.52. The molecule has 3 rings (SSSR count). The molecule has 1 amide bonds. The lowest BCUT2D eigenvalue weighted by atomic mass is 10.1.